The number of nitrogens with one attached hydrogen (secondary N) is 1. The molecule has 0 saturated heterocycles. The Labute approximate surface area is 106 Å². The number of halogens is 1. The lowest BCUT2D eigenvalue weighted by molar-refractivity contribution is 1.16. The number of nitrogens with zero attached hydrogens (tertiary/aromatic N) is 3. The van der Waals surface area contributed by atoms with E-state index in [9.17, 15) is 0 Å². The topological polar surface area (TPSA) is 87.6 Å². The minimum absolute atomic E-state index is 0.371. The monoisotopic (exact) mass is 289 g/mol. The highest BCUT2D eigenvalue weighted by Crippen LogP contribution is 2.26. The molecule has 1 aromatic heterocycles. The lowest BCUT2D eigenvalue weighted by Crippen LogP contribution is -1.99. The smallest absolute Gasteiger partial charge is 0.150 e. The summed E-state index contributed by atoms with van der Waals surface area (Å²) in [6.07, 6.45) is 1.38. The number of aromatic nitrogens is 2. The first kappa shape index (κ1) is 11.4. The van der Waals surface area contributed by atoms with Gasteiger partial charge in [-0.1, -0.05) is 0 Å². The van der Waals surface area contributed by atoms with Crippen LogP contribution in [0.15, 0.2) is 35.1 Å². The SMILES string of the molecule is N#Cc1ccc(Nc2ncnc(N)c2Br)cc1. The minimum atomic E-state index is 0.371. The Hall–Kier alpha value is -2.13. The van der Waals surface area contributed by atoms with E-state index in [1.165, 1.54) is 6.33 Å². The number of benzene rings is 1. The van der Waals surface area contributed by atoms with Crippen molar-refractivity contribution in [1.29, 1.82) is 5.26 Å². The van der Waals surface area contributed by atoms with E-state index in [2.05, 4.69) is 37.3 Å². The molecule has 6 heteroatoms. The van der Waals surface area contributed by atoms with Crippen LogP contribution in [0.2, 0.25) is 0 Å². The molecule has 2 aromatic rings. The summed E-state index contributed by atoms with van der Waals surface area (Å²) in [5, 5.41) is 11.8. The molecule has 17 heavy (non-hydrogen) atoms. The van der Waals surface area contributed by atoms with Gasteiger partial charge in [-0.3, -0.25) is 0 Å². The van der Waals surface area contributed by atoms with Crippen molar-refractivity contribution < 1.29 is 0 Å². The maximum atomic E-state index is 8.68. The quantitative estimate of drug-likeness (QED) is 0.887. The van der Waals surface area contributed by atoms with E-state index >= 15 is 0 Å². The molecule has 0 fully saturated rings. The molecule has 0 atom stereocenters. The van der Waals surface area contributed by atoms with Crippen molar-refractivity contribution in [1.82, 2.24) is 9.97 Å². The zero-order valence-electron chi connectivity index (χ0n) is 8.68. The van der Waals surface area contributed by atoms with Gasteiger partial charge in [-0.15, -0.1) is 0 Å². The second-order valence-corrected chi connectivity index (χ2v) is 4.03. The largest absolute Gasteiger partial charge is 0.383 e. The average Bonchev–Trinajstić information content (AvgIpc) is 2.36. The third-order valence-corrected chi connectivity index (χ3v) is 2.87. The van der Waals surface area contributed by atoms with E-state index in [4.69, 9.17) is 11.0 Å². The molecule has 1 heterocycles. The molecule has 3 N–H and O–H groups in total. The standard InChI is InChI=1S/C11H8BrN5/c12-9-10(14)15-6-16-11(9)17-8-3-1-7(5-13)2-4-8/h1-4,6H,(H3,14,15,16,17). The summed E-state index contributed by atoms with van der Waals surface area (Å²) in [5.41, 5.74) is 7.07. The summed E-state index contributed by atoms with van der Waals surface area (Å²) in [4.78, 5) is 7.91. The van der Waals surface area contributed by atoms with Crippen molar-refractivity contribution in [2.45, 2.75) is 0 Å². The summed E-state index contributed by atoms with van der Waals surface area (Å²) < 4.78 is 0.615. The van der Waals surface area contributed by atoms with Crippen LogP contribution < -0.4 is 11.1 Å². The summed E-state index contributed by atoms with van der Waals surface area (Å²) in [6, 6.07) is 9.09. The summed E-state index contributed by atoms with van der Waals surface area (Å²) in [5.74, 6) is 0.957. The fraction of sp³-hybridized carbons (Fsp3) is 0. The first-order chi connectivity index (χ1) is 8.20. The van der Waals surface area contributed by atoms with Gasteiger partial charge in [-0.25, -0.2) is 9.97 Å². The highest BCUT2D eigenvalue weighted by Gasteiger charge is 2.05. The lowest BCUT2D eigenvalue weighted by Gasteiger charge is -2.07. The molecule has 1 aromatic carbocycles. The van der Waals surface area contributed by atoms with Gasteiger partial charge >= 0.3 is 0 Å². The van der Waals surface area contributed by atoms with E-state index in [0.29, 0.717) is 21.7 Å². The lowest BCUT2D eigenvalue weighted by atomic mass is 10.2. The molecule has 2 rings (SSSR count). The van der Waals surface area contributed by atoms with E-state index < -0.39 is 0 Å². The molecule has 84 valence electrons. The molecule has 0 amide bonds. The Bertz CT molecular complexity index is 573. The van der Waals surface area contributed by atoms with Crippen LogP contribution in [0, 0.1) is 11.3 Å². The molecule has 0 radical (unpaired) electrons. The van der Waals surface area contributed by atoms with Gasteiger partial charge in [0.1, 0.15) is 22.4 Å². The normalized spacial score (nSPS) is 9.65. The Kier molecular flexibility index (Phi) is 3.21. The van der Waals surface area contributed by atoms with E-state index in [1.54, 1.807) is 24.3 Å². The van der Waals surface area contributed by atoms with Gasteiger partial charge in [-0.05, 0) is 40.2 Å². The Balaban J connectivity index is 2.26. The van der Waals surface area contributed by atoms with Crippen molar-refractivity contribution in [3.63, 3.8) is 0 Å². The Morgan fingerprint density at radius 2 is 1.94 bits per heavy atom. The van der Waals surface area contributed by atoms with Gasteiger partial charge in [0.2, 0.25) is 0 Å². The Morgan fingerprint density at radius 3 is 2.59 bits per heavy atom. The molecule has 0 saturated carbocycles. The van der Waals surface area contributed by atoms with Gasteiger partial charge in [0.25, 0.3) is 0 Å². The van der Waals surface area contributed by atoms with E-state index in [1.807, 2.05) is 0 Å². The number of rotatable bonds is 2. The second kappa shape index (κ2) is 4.80. The molecule has 0 aliphatic heterocycles. The maximum absolute atomic E-state index is 8.68. The molecular weight excluding hydrogens is 282 g/mol. The number of hydrogen-bond donors (Lipinski definition) is 2. The van der Waals surface area contributed by atoms with Crippen LogP contribution in [0.25, 0.3) is 0 Å². The van der Waals surface area contributed by atoms with Crippen LogP contribution in [-0.4, -0.2) is 9.97 Å². The first-order valence-corrected chi connectivity index (χ1v) is 5.53. The van der Waals surface area contributed by atoms with Gasteiger partial charge in [-0.2, -0.15) is 5.26 Å². The Morgan fingerprint density at radius 1 is 1.24 bits per heavy atom. The van der Waals surface area contributed by atoms with Crippen LogP contribution >= 0.6 is 15.9 Å². The van der Waals surface area contributed by atoms with Crippen LogP contribution in [0.5, 0.6) is 0 Å². The zero-order chi connectivity index (χ0) is 12.3. The van der Waals surface area contributed by atoms with Gasteiger partial charge in [0.05, 0.1) is 11.6 Å². The second-order valence-electron chi connectivity index (χ2n) is 3.24. The van der Waals surface area contributed by atoms with Crippen molar-refractivity contribution in [3.05, 3.63) is 40.6 Å². The fourth-order valence-electron chi connectivity index (χ4n) is 1.24. The van der Waals surface area contributed by atoms with Crippen molar-refractivity contribution in [2.75, 3.05) is 11.1 Å². The van der Waals surface area contributed by atoms with Crippen LogP contribution in [0.3, 0.4) is 0 Å². The summed E-state index contributed by atoms with van der Waals surface area (Å²) in [6.45, 7) is 0. The van der Waals surface area contributed by atoms with Crippen LogP contribution in [0.1, 0.15) is 5.56 Å². The first-order valence-electron chi connectivity index (χ1n) is 4.74. The number of anilines is 3. The van der Waals surface area contributed by atoms with E-state index in [0.717, 1.165) is 5.69 Å². The van der Waals surface area contributed by atoms with Gasteiger partial charge in [0.15, 0.2) is 0 Å². The third kappa shape index (κ3) is 2.52. The molecule has 0 unspecified atom stereocenters. The predicted molar refractivity (Wildman–Crippen MR) is 68.6 cm³/mol. The van der Waals surface area contributed by atoms with Crippen LogP contribution in [-0.2, 0) is 0 Å². The van der Waals surface area contributed by atoms with Crippen molar-refractivity contribution in [2.24, 2.45) is 0 Å². The van der Waals surface area contributed by atoms with Crippen molar-refractivity contribution >= 4 is 33.3 Å². The predicted octanol–water partition coefficient (Wildman–Crippen LogP) is 2.44. The van der Waals surface area contributed by atoms with E-state index in [-0.39, 0.29) is 0 Å². The molecule has 5 nitrogen and oxygen atoms in total. The maximum Gasteiger partial charge on any atom is 0.150 e. The molecule has 0 spiro atoms. The van der Waals surface area contributed by atoms with Crippen molar-refractivity contribution in [3.8, 4) is 6.07 Å². The van der Waals surface area contributed by atoms with Crippen LogP contribution in [0.4, 0.5) is 17.3 Å². The number of nitrogens with two attached hydrogens (primary N) is 1. The fourth-order valence-corrected chi connectivity index (χ4v) is 1.54. The third-order valence-electron chi connectivity index (χ3n) is 2.09. The molecule has 0 bridgehead atoms. The zero-order valence-corrected chi connectivity index (χ0v) is 10.3. The highest BCUT2D eigenvalue weighted by atomic mass is 79.9. The molecule has 0 aliphatic rings. The highest BCUT2D eigenvalue weighted by molar-refractivity contribution is 9.10. The van der Waals surface area contributed by atoms with Gasteiger partial charge in [0, 0.05) is 5.69 Å². The molecular formula is C11H8BrN5. The van der Waals surface area contributed by atoms with Gasteiger partial charge < -0.3 is 11.1 Å². The number of nitrogen functional groups attached to an aromatic ring is 1. The number of hydrogen-bond acceptors (Lipinski definition) is 5. The number of nitriles is 1. The molecule has 0 aliphatic carbocycles. The summed E-state index contributed by atoms with van der Waals surface area (Å²) in [7, 11) is 0. The minimum Gasteiger partial charge on any atom is -0.383 e. The summed E-state index contributed by atoms with van der Waals surface area (Å²) >= 11 is 3.30. The average molecular weight is 290 g/mol.